The average Bonchev–Trinajstić information content (AvgIpc) is 3.60. The van der Waals surface area contributed by atoms with Gasteiger partial charge in [-0.2, -0.15) is 0 Å². The summed E-state index contributed by atoms with van der Waals surface area (Å²) in [7, 11) is 1.70. The zero-order chi connectivity index (χ0) is 21.0. The van der Waals surface area contributed by atoms with E-state index in [9.17, 15) is 4.79 Å². The van der Waals surface area contributed by atoms with Gasteiger partial charge < -0.3 is 14.4 Å². The first-order chi connectivity index (χ1) is 14.0. The lowest BCUT2D eigenvalue weighted by molar-refractivity contribution is -0.111. The molecule has 2 aromatic rings. The Balaban J connectivity index is 0.00000117. The molecule has 0 saturated heterocycles. The molecule has 0 bridgehead atoms. The molecule has 2 aliphatic rings. The standard InChI is InChI=1S/C24H27NO2.C2H6/c1-24(2,16-26)20-8-11-22-19(14-20)12-13-25(23(22)18-6-7-18)15-17-4-9-21(27-3)10-5-17;1-2/h4-5,8-11,14,16H,6-7,12-13,15H2,1-3H3;1-2H3. The van der Waals surface area contributed by atoms with E-state index < -0.39 is 5.41 Å². The number of carbonyl (C=O) groups is 1. The van der Waals surface area contributed by atoms with Crippen molar-refractivity contribution in [2.24, 2.45) is 0 Å². The molecule has 3 nitrogen and oxygen atoms in total. The quantitative estimate of drug-likeness (QED) is 0.607. The predicted molar refractivity (Wildman–Crippen MR) is 120 cm³/mol. The lowest BCUT2D eigenvalue weighted by Crippen LogP contribution is -2.30. The van der Waals surface area contributed by atoms with E-state index in [1.54, 1.807) is 12.7 Å². The molecule has 0 N–H and O–H groups in total. The number of allylic oxidation sites excluding steroid dienone is 1. The Hall–Kier alpha value is -2.55. The molecule has 4 rings (SSSR count). The molecule has 29 heavy (non-hydrogen) atoms. The van der Waals surface area contributed by atoms with E-state index in [2.05, 4.69) is 35.2 Å². The van der Waals surface area contributed by atoms with E-state index in [0.29, 0.717) is 0 Å². The Bertz CT molecular complexity index is 887. The highest BCUT2D eigenvalue weighted by Gasteiger charge is 2.30. The van der Waals surface area contributed by atoms with E-state index in [1.807, 2.05) is 39.8 Å². The van der Waals surface area contributed by atoms with Crippen LogP contribution in [0.15, 0.2) is 48.0 Å². The SMILES string of the molecule is CC.COc1ccc(CN2CCc3cc(C(C)(C)C=O)ccc3C2=C2CC2)cc1. The molecule has 2 aromatic carbocycles. The highest BCUT2D eigenvalue weighted by molar-refractivity contribution is 5.75. The summed E-state index contributed by atoms with van der Waals surface area (Å²) in [6, 6.07) is 15.0. The third-order valence-electron chi connectivity index (χ3n) is 5.73. The Morgan fingerprint density at radius 1 is 1.03 bits per heavy atom. The van der Waals surface area contributed by atoms with Crippen LogP contribution in [0.5, 0.6) is 5.75 Å². The summed E-state index contributed by atoms with van der Waals surface area (Å²) in [6.07, 6.45) is 4.48. The Kier molecular flexibility index (Phi) is 6.46. The van der Waals surface area contributed by atoms with Gasteiger partial charge in [0.25, 0.3) is 0 Å². The minimum absolute atomic E-state index is 0.428. The normalized spacial score (nSPS) is 15.3. The van der Waals surface area contributed by atoms with E-state index in [1.165, 1.54) is 35.2 Å². The Labute approximate surface area is 175 Å². The van der Waals surface area contributed by atoms with E-state index in [-0.39, 0.29) is 0 Å². The summed E-state index contributed by atoms with van der Waals surface area (Å²) in [6.45, 7) is 9.91. The largest absolute Gasteiger partial charge is 0.497 e. The highest BCUT2D eigenvalue weighted by atomic mass is 16.5. The predicted octanol–water partition coefficient (Wildman–Crippen LogP) is 5.76. The second-order valence-electron chi connectivity index (χ2n) is 8.18. The lowest BCUT2D eigenvalue weighted by Gasteiger charge is -2.34. The van der Waals surface area contributed by atoms with Crippen molar-refractivity contribution in [1.29, 1.82) is 0 Å². The number of fused-ring (bicyclic) bond motifs is 1. The van der Waals surface area contributed by atoms with Crippen LogP contribution >= 0.6 is 0 Å². The molecule has 0 radical (unpaired) electrons. The molecule has 0 amide bonds. The van der Waals surface area contributed by atoms with Gasteiger partial charge in [-0.1, -0.05) is 44.2 Å². The number of benzene rings is 2. The zero-order valence-electron chi connectivity index (χ0n) is 18.4. The maximum atomic E-state index is 11.5. The summed E-state index contributed by atoms with van der Waals surface area (Å²) in [5.74, 6) is 0.897. The van der Waals surface area contributed by atoms with Crippen molar-refractivity contribution >= 4 is 12.0 Å². The summed E-state index contributed by atoms with van der Waals surface area (Å²) >= 11 is 0. The number of aldehydes is 1. The van der Waals surface area contributed by atoms with Crippen LogP contribution in [-0.4, -0.2) is 24.8 Å². The number of ether oxygens (including phenoxy) is 1. The molecular weight excluding hydrogens is 358 g/mol. The summed E-state index contributed by atoms with van der Waals surface area (Å²) in [5.41, 5.74) is 7.70. The van der Waals surface area contributed by atoms with Crippen molar-refractivity contribution in [2.45, 2.75) is 58.9 Å². The zero-order valence-corrected chi connectivity index (χ0v) is 18.4. The Morgan fingerprint density at radius 3 is 2.31 bits per heavy atom. The van der Waals surface area contributed by atoms with Gasteiger partial charge >= 0.3 is 0 Å². The van der Waals surface area contributed by atoms with Crippen LogP contribution in [0.3, 0.4) is 0 Å². The monoisotopic (exact) mass is 391 g/mol. The maximum absolute atomic E-state index is 11.5. The van der Waals surface area contributed by atoms with Crippen LogP contribution in [0.25, 0.3) is 5.70 Å². The first kappa shape index (κ1) is 21.2. The third-order valence-corrected chi connectivity index (χ3v) is 5.73. The van der Waals surface area contributed by atoms with Gasteiger partial charge in [-0.15, -0.1) is 0 Å². The molecule has 1 fully saturated rings. The van der Waals surface area contributed by atoms with Crippen molar-refractivity contribution in [2.75, 3.05) is 13.7 Å². The highest BCUT2D eigenvalue weighted by Crippen LogP contribution is 2.42. The van der Waals surface area contributed by atoms with E-state index >= 15 is 0 Å². The number of hydrogen-bond acceptors (Lipinski definition) is 3. The van der Waals surface area contributed by atoms with Gasteiger partial charge in [-0.3, -0.25) is 0 Å². The minimum Gasteiger partial charge on any atom is -0.497 e. The van der Waals surface area contributed by atoms with Crippen LogP contribution in [0.1, 0.15) is 62.8 Å². The number of carbonyl (C=O) groups excluding carboxylic acids is 1. The molecule has 0 atom stereocenters. The fourth-order valence-corrected chi connectivity index (χ4v) is 3.86. The van der Waals surface area contributed by atoms with Gasteiger partial charge in [0.05, 0.1) is 7.11 Å². The van der Waals surface area contributed by atoms with Gasteiger partial charge in [0.15, 0.2) is 0 Å². The second-order valence-corrected chi connectivity index (χ2v) is 8.18. The minimum atomic E-state index is -0.428. The van der Waals surface area contributed by atoms with Gasteiger partial charge in [-0.25, -0.2) is 0 Å². The van der Waals surface area contributed by atoms with Gasteiger partial charge in [-0.05, 0) is 67.5 Å². The van der Waals surface area contributed by atoms with Crippen molar-refractivity contribution in [3.63, 3.8) is 0 Å². The van der Waals surface area contributed by atoms with Crippen LogP contribution < -0.4 is 4.74 Å². The van der Waals surface area contributed by atoms with Crippen LogP contribution in [0.2, 0.25) is 0 Å². The average molecular weight is 392 g/mol. The van der Waals surface area contributed by atoms with E-state index in [4.69, 9.17) is 4.74 Å². The number of rotatable bonds is 5. The molecule has 0 unspecified atom stereocenters. The first-order valence-electron chi connectivity index (χ1n) is 10.7. The van der Waals surface area contributed by atoms with E-state index in [0.717, 1.165) is 37.1 Å². The van der Waals surface area contributed by atoms with Gasteiger partial charge in [0.1, 0.15) is 12.0 Å². The number of hydrogen-bond donors (Lipinski definition) is 0. The van der Waals surface area contributed by atoms with Crippen LogP contribution in [0.4, 0.5) is 0 Å². The third kappa shape index (κ3) is 4.55. The van der Waals surface area contributed by atoms with Crippen LogP contribution in [0, 0.1) is 0 Å². The van der Waals surface area contributed by atoms with Gasteiger partial charge in [0.2, 0.25) is 0 Å². The molecule has 1 aliphatic carbocycles. The fourth-order valence-electron chi connectivity index (χ4n) is 3.86. The van der Waals surface area contributed by atoms with Crippen molar-refractivity contribution in [3.05, 3.63) is 70.3 Å². The number of nitrogens with zero attached hydrogens (tertiary/aromatic N) is 1. The topological polar surface area (TPSA) is 29.5 Å². The summed E-state index contributed by atoms with van der Waals surface area (Å²) < 4.78 is 5.28. The first-order valence-corrected chi connectivity index (χ1v) is 10.7. The van der Waals surface area contributed by atoms with Crippen molar-refractivity contribution in [1.82, 2.24) is 4.90 Å². The molecular formula is C26H33NO2. The number of methoxy groups -OCH3 is 1. The molecule has 1 saturated carbocycles. The fraction of sp³-hybridized carbons (Fsp3) is 0.423. The molecule has 0 spiro atoms. The molecule has 3 heteroatoms. The van der Waals surface area contributed by atoms with Crippen LogP contribution in [-0.2, 0) is 23.2 Å². The van der Waals surface area contributed by atoms with Gasteiger partial charge in [0, 0.05) is 29.8 Å². The molecule has 154 valence electrons. The summed E-state index contributed by atoms with van der Waals surface area (Å²) in [4.78, 5) is 14.0. The van der Waals surface area contributed by atoms with Crippen molar-refractivity contribution in [3.8, 4) is 5.75 Å². The smallest absolute Gasteiger partial charge is 0.129 e. The molecule has 1 heterocycles. The summed E-state index contributed by atoms with van der Waals surface area (Å²) in [5, 5.41) is 0. The second kappa shape index (κ2) is 8.86. The maximum Gasteiger partial charge on any atom is 0.129 e. The lowest BCUT2D eigenvalue weighted by atomic mass is 9.83. The molecule has 0 aromatic heterocycles. The van der Waals surface area contributed by atoms with Crippen molar-refractivity contribution < 1.29 is 9.53 Å². The Morgan fingerprint density at radius 2 is 1.72 bits per heavy atom. The molecule has 1 aliphatic heterocycles.